The van der Waals surface area contributed by atoms with Crippen molar-refractivity contribution in [3.8, 4) is 6.07 Å². The molecule has 2 aromatic carbocycles. The van der Waals surface area contributed by atoms with Gasteiger partial charge >= 0.3 is 5.97 Å². The van der Waals surface area contributed by atoms with Crippen LogP contribution in [0.4, 0.5) is 0 Å². The highest BCUT2D eigenvalue weighted by Gasteiger charge is 2.26. The van der Waals surface area contributed by atoms with Crippen LogP contribution < -0.4 is 10.9 Å². The number of carbonyl (C=O) groups excluding carboxylic acids is 1. The second-order valence-corrected chi connectivity index (χ2v) is 8.80. The van der Waals surface area contributed by atoms with Crippen LogP contribution >= 0.6 is 0 Å². The van der Waals surface area contributed by atoms with Gasteiger partial charge < -0.3 is 15.0 Å². The minimum Gasteiger partial charge on any atom is -0.479 e. The average molecular weight is 470 g/mol. The molecule has 1 aromatic heterocycles. The third kappa shape index (κ3) is 5.49. The molecule has 2 N–H and O–H groups in total. The molecule has 1 aliphatic carbocycles. The van der Waals surface area contributed by atoms with E-state index >= 15 is 0 Å². The Kier molecular flexibility index (Phi) is 7.41. The summed E-state index contributed by atoms with van der Waals surface area (Å²) < 4.78 is 1.65. The van der Waals surface area contributed by atoms with Gasteiger partial charge in [0, 0.05) is 5.69 Å². The van der Waals surface area contributed by atoms with E-state index in [1.807, 2.05) is 12.1 Å². The molecule has 7 nitrogen and oxygen atoms in total. The predicted octanol–water partition coefficient (Wildman–Crippen LogP) is 3.98. The summed E-state index contributed by atoms with van der Waals surface area (Å²) in [6.45, 7) is 0.273. The maximum absolute atomic E-state index is 13.6. The first-order chi connectivity index (χ1) is 17.0. The van der Waals surface area contributed by atoms with Gasteiger partial charge in [-0.25, -0.2) is 4.79 Å². The highest BCUT2D eigenvalue weighted by molar-refractivity contribution is 5.96. The van der Waals surface area contributed by atoms with Crippen molar-refractivity contribution >= 4 is 11.9 Å². The van der Waals surface area contributed by atoms with Gasteiger partial charge in [-0.2, -0.15) is 5.26 Å². The van der Waals surface area contributed by atoms with Crippen LogP contribution in [0, 0.1) is 11.3 Å². The number of pyridine rings is 1. The van der Waals surface area contributed by atoms with E-state index in [1.165, 1.54) is 0 Å². The van der Waals surface area contributed by atoms with Gasteiger partial charge in [0.15, 0.2) is 6.04 Å². The number of nitrogens with one attached hydrogen (secondary N) is 1. The molecule has 1 atom stereocenters. The summed E-state index contributed by atoms with van der Waals surface area (Å²) in [5, 5.41) is 21.3. The van der Waals surface area contributed by atoms with Gasteiger partial charge in [-0.05, 0) is 60.6 Å². The van der Waals surface area contributed by atoms with Gasteiger partial charge in [-0.15, -0.1) is 0 Å². The van der Waals surface area contributed by atoms with Crippen LogP contribution in [0.15, 0.2) is 65.5 Å². The molecule has 0 fully saturated rings. The second kappa shape index (κ2) is 10.8. The minimum atomic E-state index is -1.27. The summed E-state index contributed by atoms with van der Waals surface area (Å²) >= 11 is 0. The largest absolute Gasteiger partial charge is 0.479 e. The molecule has 7 heteroatoms. The van der Waals surface area contributed by atoms with Crippen molar-refractivity contribution in [2.45, 2.75) is 51.1 Å². The first-order valence-electron chi connectivity index (χ1n) is 11.8. The predicted molar refractivity (Wildman–Crippen MR) is 131 cm³/mol. The lowest BCUT2D eigenvalue weighted by molar-refractivity contribution is -0.139. The van der Waals surface area contributed by atoms with Gasteiger partial charge in [0.1, 0.15) is 5.56 Å². The zero-order valence-corrected chi connectivity index (χ0v) is 19.4. The van der Waals surface area contributed by atoms with Gasteiger partial charge in [-0.3, -0.25) is 9.59 Å². The fourth-order valence-electron chi connectivity index (χ4n) is 4.57. The Morgan fingerprint density at radius 2 is 1.69 bits per heavy atom. The molecular weight excluding hydrogens is 442 g/mol. The Morgan fingerprint density at radius 1 is 1.00 bits per heavy atom. The number of carboxylic acids is 1. The summed E-state index contributed by atoms with van der Waals surface area (Å²) in [7, 11) is 0. The molecule has 35 heavy (non-hydrogen) atoms. The summed E-state index contributed by atoms with van der Waals surface area (Å²) in [4.78, 5) is 38.8. The number of aliphatic carboxylic acids is 1. The normalized spacial score (nSPS) is 14.0. The zero-order chi connectivity index (χ0) is 24.8. The number of benzene rings is 2. The number of aryl methyl sites for hydroxylation is 1. The van der Waals surface area contributed by atoms with Crippen LogP contribution in [0.2, 0.25) is 0 Å². The summed E-state index contributed by atoms with van der Waals surface area (Å²) in [5.74, 6) is -1.90. The smallest absolute Gasteiger partial charge is 0.330 e. The van der Waals surface area contributed by atoms with E-state index in [1.54, 1.807) is 53.1 Å². The molecule has 0 saturated carbocycles. The number of carboxylic acid groups (broad SMARTS) is 1. The molecule has 1 heterocycles. The number of hydrogen-bond acceptors (Lipinski definition) is 4. The number of carbonyl (C=O) groups is 2. The van der Waals surface area contributed by atoms with Crippen molar-refractivity contribution in [2.75, 3.05) is 0 Å². The first kappa shape index (κ1) is 24.0. The SMILES string of the molecule is N#Cc1ccc(Cn2c3c(cc(C(=O)N[C@@H](C(=O)O)c4ccccc4)c2=O)CCCCCC3)cc1. The van der Waals surface area contributed by atoms with Crippen LogP contribution in [0.5, 0.6) is 0 Å². The molecule has 178 valence electrons. The number of fused-ring (bicyclic) bond motifs is 1. The standard InChI is InChI=1S/C28H27N3O4/c29-17-19-12-14-20(15-13-19)18-31-24-11-7-2-1-4-10-22(24)16-23(27(31)33)26(32)30-25(28(34)35)21-8-5-3-6-9-21/h3,5-6,8-9,12-16,25H,1-2,4,7,10-11,18H2,(H,30,32)(H,34,35)/t25-/m1/s1. The zero-order valence-electron chi connectivity index (χ0n) is 19.4. The van der Waals surface area contributed by atoms with E-state index in [4.69, 9.17) is 5.26 Å². The van der Waals surface area contributed by atoms with E-state index in [0.717, 1.165) is 55.3 Å². The highest BCUT2D eigenvalue weighted by Crippen LogP contribution is 2.22. The Hall–Kier alpha value is -4.18. The van der Waals surface area contributed by atoms with Crippen LogP contribution in [0.1, 0.15) is 70.0 Å². The minimum absolute atomic E-state index is 0.0554. The number of nitriles is 1. The van der Waals surface area contributed by atoms with Gasteiger partial charge in [-0.1, -0.05) is 55.3 Å². The van der Waals surface area contributed by atoms with Crippen LogP contribution in [0.25, 0.3) is 0 Å². The molecule has 0 aliphatic heterocycles. The molecule has 0 radical (unpaired) electrons. The van der Waals surface area contributed by atoms with Gasteiger partial charge in [0.05, 0.1) is 18.2 Å². The summed E-state index contributed by atoms with van der Waals surface area (Å²) in [6, 6.07) is 17.9. The molecule has 1 aliphatic rings. The molecular formula is C28H27N3O4. The van der Waals surface area contributed by atoms with E-state index in [9.17, 15) is 19.5 Å². The topological polar surface area (TPSA) is 112 Å². The lowest BCUT2D eigenvalue weighted by atomic mass is 9.95. The average Bonchev–Trinajstić information content (AvgIpc) is 2.85. The van der Waals surface area contributed by atoms with Crippen molar-refractivity contribution in [1.29, 1.82) is 5.26 Å². The van der Waals surface area contributed by atoms with Crippen LogP contribution in [0.3, 0.4) is 0 Å². The van der Waals surface area contributed by atoms with E-state index < -0.39 is 23.5 Å². The van der Waals surface area contributed by atoms with Crippen molar-refractivity contribution < 1.29 is 14.7 Å². The van der Waals surface area contributed by atoms with Crippen LogP contribution in [-0.2, 0) is 24.2 Å². The Balaban J connectivity index is 1.75. The Morgan fingerprint density at radius 3 is 2.34 bits per heavy atom. The van der Waals surface area contributed by atoms with Crippen molar-refractivity contribution in [3.63, 3.8) is 0 Å². The molecule has 3 aromatic rings. The number of rotatable bonds is 6. The number of amides is 1. The molecule has 1 amide bonds. The number of nitrogens with zero attached hydrogens (tertiary/aromatic N) is 2. The Labute approximate surface area is 203 Å². The maximum atomic E-state index is 13.6. The molecule has 0 saturated heterocycles. The number of aromatic nitrogens is 1. The number of hydrogen-bond donors (Lipinski definition) is 2. The van der Waals surface area contributed by atoms with E-state index in [0.29, 0.717) is 11.1 Å². The van der Waals surface area contributed by atoms with E-state index in [-0.39, 0.29) is 12.1 Å². The molecule has 0 unspecified atom stereocenters. The molecule has 4 rings (SSSR count). The monoisotopic (exact) mass is 469 g/mol. The second-order valence-electron chi connectivity index (χ2n) is 8.80. The van der Waals surface area contributed by atoms with Crippen molar-refractivity contribution in [2.24, 2.45) is 0 Å². The highest BCUT2D eigenvalue weighted by atomic mass is 16.4. The summed E-state index contributed by atoms with van der Waals surface area (Å²) in [6.07, 6.45) is 5.59. The molecule has 0 spiro atoms. The van der Waals surface area contributed by atoms with Crippen molar-refractivity contribution in [1.82, 2.24) is 9.88 Å². The third-order valence-electron chi connectivity index (χ3n) is 6.42. The first-order valence-corrected chi connectivity index (χ1v) is 11.8. The van der Waals surface area contributed by atoms with Crippen LogP contribution in [-0.4, -0.2) is 21.6 Å². The third-order valence-corrected chi connectivity index (χ3v) is 6.42. The Bertz CT molecular complexity index is 1320. The van der Waals surface area contributed by atoms with Crippen molar-refractivity contribution in [3.05, 3.63) is 105 Å². The maximum Gasteiger partial charge on any atom is 0.330 e. The van der Waals surface area contributed by atoms with Gasteiger partial charge in [0.2, 0.25) is 0 Å². The molecule has 0 bridgehead atoms. The lowest BCUT2D eigenvalue weighted by Crippen LogP contribution is -2.39. The fourth-order valence-corrected chi connectivity index (χ4v) is 4.57. The summed E-state index contributed by atoms with van der Waals surface area (Å²) in [5.41, 5.74) is 3.19. The quantitative estimate of drug-likeness (QED) is 0.567. The lowest BCUT2D eigenvalue weighted by Gasteiger charge is -2.22. The van der Waals surface area contributed by atoms with Gasteiger partial charge in [0.25, 0.3) is 11.5 Å². The fraction of sp³-hybridized carbons (Fsp3) is 0.286. The van der Waals surface area contributed by atoms with E-state index in [2.05, 4.69) is 11.4 Å².